The summed E-state index contributed by atoms with van der Waals surface area (Å²) in [7, 11) is 0. The number of aromatic nitrogens is 3. The lowest BCUT2D eigenvalue weighted by Crippen LogP contribution is -2.40. The number of benzene rings is 1. The molecule has 164 valence electrons. The number of alkyl halides is 3. The number of halogens is 3. The summed E-state index contributed by atoms with van der Waals surface area (Å²) in [4.78, 5) is 22.5. The minimum absolute atomic E-state index is 0.113. The molecule has 2 heterocycles. The van der Waals surface area contributed by atoms with Gasteiger partial charge < -0.3 is 9.42 Å². The number of likely N-dealkylation sites (N-methyl/N-ethyl adjacent to an activating group) is 1. The van der Waals surface area contributed by atoms with E-state index in [0.29, 0.717) is 18.3 Å². The van der Waals surface area contributed by atoms with Gasteiger partial charge in [0.25, 0.3) is 0 Å². The molecule has 0 aliphatic carbocycles. The Morgan fingerprint density at radius 1 is 1.16 bits per heavy atom. The van der Waals surface area contributed by atoms with Crippen LogP contribution < -0.4 is 0 Å². The molecule has 0 unspecified atom stereocenters. The van der Waals surface area contributed by atoms with E-state index in [2.05, 4.69) is 15.1 Å². The highest BCUT2D eigenvalue weighted by molar-refractivity contribution is 5.76. The number of amides is 1. The van der Waals surface area contributed by atoms with Crippen LogP contribution >= 0.6 is 0 Å². The van der Waals surface area contributed by atoms with Gasteiger partial charge >= 0.3 is 6.18 Å². The maximum atomic E-state index is 13.3. The molecule has 1 amide bonds. The van der Waals surface area contributed by atoms with E-state index in [1.54, 1.807) is 49.3 Å². The number of hydrogen-bond donors (Lipinski definition) is 0. The lowest BCUT2D eigenvalue weighted by molar-refractivity contribution is -0.138. The normalized spacial score (nSPS) is 12.5. The standard InChI is InChI=1S/C22H23F3N4O2/c1-3-29(15(2)14-17-6-4-5-7-18(17)22(23,24)25)20(30)9-8-19-27-21(28-31-19)16-10-12-26-13-11-16/h4-7,10-13,15H,3,8-9,14H2,1-2H3/t15-/m1/s1. The number of pyridine rings is 1. The number of aryl methyl sites for hydroxylation is 1. The van der Waals surface area contributed by atoms with Crippen LogP contribution in [0, 0.1) is 0 Å². The molecule has 0 N–H and O–H groups in total. The van der Waals surface area contributed by atoms with Gasteiger partial charge in [0.15, 0.2) is 0 Å². The molecule has 3 rings (SSSR count). The lowest BCUT2D eigenvalue weighted by Gasteiger charge is -2.29. The van der Waals surface area contributed by atoms with Crippen molar-refractivity contribution in [2.75, 3.05) is 6.54 Å². The molecule has 1 atom stereocenters. The molecule has 0 aliphatic rings. The van der Waals surface area contributed by atoms with Gasteiger partial charge in [-0.3, -0.25) is 9.78 Å². The van der Waals surface area contributed by atoms with E-state index in [-0.39, 0.29) is 30.7 Å². The average molecular weight is 432 g/mol. The molecule has 31 heavy (non-hydrogen) atoms. The summed E-state index contributed by atoms with van der Waals surface area (Å²) in [6.45, 7) is 3.95. The fourth-order valence-electron chi connectivity index (χ4n) is 3.47. The van der Waals surface area contributed by atoms with E-state index in [4.69, 9.17) is 4.52 Å². The number of hydrogen-bond acceptors (Lipinski definition) is 5. The van der Waals surface area contributed by atoms with Crippen LogP contribution in [0.1, 0.15) is 37.3 Å². The molecule has 3 aromatic rings. The Labute approximate surface area is 178 Å². The van der Waals surface area contributed by atoms with Gasteiger partial charge in [-0.05, 0) is 44.0 Å². The molecule has 9 heteroatoms. The van der Waals surface area contributed by atoms with Crippen molar-refractivity contribution in [3.05, 3.63) is 65.8 Å². The highest BCUT2D eigenvalue weighted by Crippen LogP contribution is 2.32. The van der Waals surface area contributed by atoms with Crippen molar-refractivity contribution in [1.82, 2.24) is 20.0 Å². The molecule has 0 fully saturated rings. The van der Waals surface area contributed by atoms with Crippen molar-refractivity contribution < 1.29 is 22.5 Å². The Balaban J connectivity index is 1.62. The second kappa shape index (κ2) is 9.72. The number of carbonyl (C=O) groups is 1. The first kappa shape index (κ1) is 22.5. The Morgan fingerprint density at radius 3 is 2.55 bits per heavy atom. The van der Waals surface area contributed by atoms with E-state index in [1.165, 1.54) is 12.1 Å². The Bertz CT molecular complexity index is 1010. The molecule has 2 aromatic heterocycles. The Hall–Kier alpha value is -3.23. The highest BCUT2D eigenvalue weighted by Gasteiger charge is 2.33. The molecular formula is C22H23F3N4O2. The van der Waals surface area contributed by atoms with Crippen LogP contribution in [0.5, 0.6) is 0 Å². The van der Waals surface area contributed by atoms with Gasteiger partial charge in [0.05, 0.1) is 5.56 Å². The van der Waals surface area contributed by atoms with Crippen molar-refractivity contribution in [1.29, 1.82) is 0 Å². The van der Waals surface area contributed by atoms with Crippen LogP contribution in [0.15, 0.2) is 53.3 Å². The van der Waals surface area contributed by atoms with Crippen LogP contribution in [0.2, 0.25) is 0 Å². The number of nitrogens with zero attached hydrogens (tertiary/aromatic N) is 4. The van der Waals surface area contributed by atoms with Crippen molar-refractivity contribution >= 4 is 5.91 Å². The topological polar surface area (TPSA) is 72.1 Å². The Morgan fingerprint density at radius 2 is 1.87 bits per heavy atom. The number of carbonyl (C=O) groups excluding carboxylic acids is 1. The number of rotatable bonds is 8. The summed E-state index contributed by atoms with van der Waals surface area (Å²) in [5, 5.41) is 3.91. The molecule has 0 radical (unpaired) electrons. The maximum absolute atomic E-state index is 13.3. The first-order valence-corrected chi connectivity index (χ1v) is 9.97. The van der Waals surface area contributed by atoms with Gasteiger partial charge in [-0.25, -0.2) is 0 Å². The van der Waals surface area contributed by atoms with Gasteiger partial charge in [-0.2, -0.15) is 18.2 Å². The fraction of sp³-hybridized carbons (Fsp3) is 0.364. The predicted molar refractivity (Wildman–Crippen MR) is 108 cm³/mol. The van der Waals surface area contributed by atoms with Gasteiger partial charge in [-0.15, -0.1) is 0 Å². The molecule has 0 spiro atoms. The quantitative estimate of drug-likeness (QED) is 0.522. The minimum atomic E-state index is -4.43. The third kappa shape index (κ3) is 5.68. The molecule has 0 saturated carbocycles. The molecule has 0 bridgehead atoms. The van der Waals surface area contributed by atoms with E-state index in [1.807, 2.05) is 0 Å². The highest BCUT2D eigenvalue weighted by atomic mass is 19.4. The molecule has 6 nitrogen and oxygen atoms in total. The summed E-state index contributed by atoms with van der Waals surface area (Å²) in [5.74, 6) is 0.559. The molecule has 0 aliphatic heterocycles. The summed E-state index contributed by atoms with van der Waals surface area (Å²) in [6.07, 6.45) is -0.709. The Kier molecular flexibility index (Phi) is 7.04. The molecular weight excluding hydrogens is 409 g/mol. The third-order valence-corrected chi connectivity index (χ3v) is 4.99. The zero-order valence-electron chi connectivity index (χ0n) is 17.3. The minimum Gasteiger partial charge on any atom is -0.340 e. The summed E-state index contributed by atoms with van der Waals surface area (Å²) in [5.41, 5.74) is 0.260. The van der Waals surface area contributed by atoms with Crippen molar-refractivity contribution in [3.63, 3.8) is 0 Å². The predicted octanol–water partition coefficient (Wildman–Crippen LogP) is 4.56. The van der Waals surface area contributed by atoms with Gasteiger partial charge in [0.2, 0.25) is 17.6 Å². The van der Waals surface area contributed by atoms with Crippen molar-refractivity contribution in [2.24, 2.45) is 0 Å². The second-order valence-corrected chi connectivity index (χ2v) is 7.14. The van der Waals surface area contributed by atoms with Gasteiger partial charge in [0.1, 0.15) is 0 Å². The van der Waals surface area contributed by atoms with Crippen LogP contribution in [-0.2, 0) is 23.8 Å². The molecule has 1 aromatic carbocycles. The largest absolute Gasteiger partial charge is 0.416 e. The first-order chi connectivity index (χ1) is 14.8. The smallest absolute Gasteiger partial charge is 0.340 e. The van der Waals surface area contributed by atoms with Gasteiger partial charge in [0, 0.05) is 43.4 Å². The first-order valence-electron chi connectivity index (χ1n) is 9.97. The van der Waals surface area contributed by atoms with Crippen molar-refractivity contribution in [3.8, 4) is 11.4 Å². The molecule has 0 saturated heterocycles. The third-order valence-electron chi connectivity index (χ3n) is 4.99. The zero-order chi connectivity index (χ0) is 22.4. The second-order valence-electron chi connectivity index (χ2n) is 7.14. The lowest BCUT2D eigenvalue weighted by atomic mass is 9.99. The van der Waals surface area contributed by atoms with E-state index in [9.17, 15) is 18.0 Å². The van der Waals surface area contributed by atoms with E-state index in [0.717, 1.165) is 11.6 Å². The van der Waals surface area contributed by atoms with E-state index >= 15 is 0 Å². The maximum Gasteiger partial charge on any atom is 0.416 e. The summed E-state index contributed by atoms with van der Waals surface area (Å²) < 4.78 is 45.0. The van der Waals surface area contributed by atoms with Crippen LogP contribution in [-0.4, -0.2) is 38.5 Å². The van der Waals surface area contributed by atoms with E-state index < -0.39 is 17.8 Å². The average Bonchev–Trinajstić information content (AvgIpc) is 3.22. The zero-order valence-corrected chi connectivity index (χ0v) is 17.3. The SMILES string of the molecule is CCN(C(=O)CCc1nc(-c2ccncc2)no1)[C@H](C)Cc1ccccc1C(F)(F)F. The van der Waals surface area contributed by atoms with Crippen LogP contribution in [0.3, 0.4) is 0 Å². The van der Waals surface area contributed by atoms with Crippen molar-refractivity contribution in [2.45, 2.75) is 45.3 Å². The summed E-state index contributed by atoms with van der Waals surface area (Å²) in [6, 6.07) is 8.57. The van der Waals surface area contributed by atoms with Gasteiger partial charge in [-0.1, -0.05) is 23.4 Å². The fourth-order valence-corrected chi connectivity index (χ4v) is 3.47. The summed E-state index contributed by atoms with van der Waals surface area (Å²) >= 11 is 0. The van der Waals surface area contributed by atoms with Crippen LogP contribution in [0.4, 0.5) is 13.2 Å². The monoisotopic (exact) mass is 432 g/mol. The van der Waals surface area contributed by atoms with Crippen LogP contribution in [0.25, 0.3) is 11.4 Å².